The summed E-state index contributed by atoms with van der Waals surface area (Å²) in [5.74, 6) is 0.444. The predicted molar refractivity (Wildman–Crippen MR) is 470 cm³/mol. The molecule has 6 heterocycles. The quantitative estimate of drug-likeness (QED) is 0.00688. The summed E-state index contributed by atoms with van der Waals surface area (Å²) in [4.78, 5) is 126. The van der Waals surface area contributed by atoms with Crippen LogP contribution in [0.4, 0.5) is 11.4 Å². The van der Waals surface area contributed by atoms with Crippen LogP contribution in [0, 0.1) is 0 Å². The molecule has 6 aromatic rings. The van der Waals surface area contributed by atoms with Gasteiger partial charge in [-0.1, -0.05) is 86.7 Å². The maximum atomic E-state index is 12.3. The Hall–Kier alpha value is -10.8. The van der Waals surface area contributed by atoms with Gasteiger partial charge in [-0.3, -0.25) is 58.0 Å². The fraction of sp³-hybridized carbons (Fsp3) is 0.474. The fourth-order valence-electron chi connectivity index (χ4n) is 12.2. The van der Waals surface area contributed by atoms with Crippen LogP contribution < -0.4 is 9.80 Å². The first kappa shape index (κ1) is 105. The van der Waals surface area contributed by atoms with Crippen LogP contribution in [0.3, 0.4) is 0 Å². The Morgan fingerprint density at radius 2 is 0.585 bits per heavy atom. The summed E-state index contributed by atoms with van der Waals surface area (Å²) in [6, 6.07) is 28.9. The summed E-state index contributed by atoms with van der Waals surface area (Å²) in [5, 5.41) is 35.6. The Labute approximate surface area is 724 Å². The minimum absolute atomic E-state index is 0.133. The van der Waals surface area contributed by atoms with Crippen molar-refractivity contribution in [3.63, 3.8) is 0 Å². The van der Waals surface area contributed by atoms with Gasteiger partial charge in [0.15, 0.2) is 0 Å². The lowest BCUT2D eigenvalue weighted by Gasteiger charge is -2.22. The molecule has 4 aromatic heterocycles. The lowest BCUT2D eigenvalue weighted by Crippen LogP contribution is -2.33. The molecular weight excluding hydrogens is 1580 g/mol. The predicted octanol–water partition coefficient (Wildman–Crippen LogP) is 12.5. The van der Waals surface area contributed by atoms with Gasteiger partial charge in [0.1, 0.15) is 62.0 Å². The molecule has 28 nitrogen and oxygen atoms in total. The summed E-state index contributed by atoms with van der Waals surface area (Å²) in [5.41, 5.74) is 3.09. The van der Waals surface area contributed by atoms with Crippen molar-refractivity contribution in [3.8, 4) is 0 Å². The molecule has 0 aliphatic carbocycles. The summed E-state index contributed by atoms with van der Waals surface area (Å²) < 4.78 is 43.1. The molecule has 0 fully saturated rings. The highest BCUT2D eigenvalue weighted by Crippen LogP contribution is 2.24. The molecule has 2 aromatic carbocycles. The van der Waals surface area contributed by atoms with E-state index in [1.165, 1.54) is 37.1 Å². The van der Waals surface area contributed by atoms with E-state index < -0.39 is 0 Å². The average Bonchev–Trinajstić information content (AvgIpc) is 1.66. The minimum atomic E-state index is -0.344. The van der Waals surface area contributed by atoms with Gasteiger partial charge in [-0.15, -0.1) is 0 Å². The number of carbonyl (C=O) groups excluding carboxylic acids is 10. The molecule has 123 heavy (non-hydrogen) atoms. The second-order valence-corrected chi connectivity index (χ2v) is 28.4. The number of hydrogen-bond acceptors (Lipinski definition) is 26. The molecule has 4 amide bonds. The van der Waals surface area contributed by atoms with Crippen LogP contribution >= 0.6 is 0 Å². The van der Waals surface area contributed by atoms with Gasteiger partial charge in [0.25, 0.3) is 23.6 Å². The maximum absolute atomic E-state index is 12.3. The number of carbonyl (C=O) groups is 10. The number of ether oxygens (including phenoxy) is 4. The van der Waals surface area contributed by atoms with Gasteiger partial charge < -0.3 is 66.6 Å². The molecule has 28 heteroatoms. The van der Waals surface area contributed by atoms with Gasteiger partial charge in [0, 0.05) is 115 Å². The van der Waals surface area contributed by atoms with E-state index in [0.29, 0.717) is 109 Å². The number of rotatable bonds is 60. The average molecular weight is 1710 g/mol. The third-order valence-corrected chi connectivity index (χ3v) is 18.8. The number of imide groups is 2. The molecule has 4 N–H and O–H groups in total. The van der Waals surface area contributed by atoms with Crippen molar-refractivity contribution in [2.45, 2.75) is 162 Å². The Kier molecular flexibility index (Phi) is 58.4. The molecule has 0 spiro atoms. The summed E-state index contributed by atoms with van der Waals surface area (Å²) in [6.45, 7) is 13.6. The van der Waals surface area contributed by atoms with Crippen molar-refractivity contribution in [3.05, 3.63) is 229 Å². The molecule has 0 radical (unpaired) electrons. The second-order valence-electron chi connectivity index (χ2n) is 28.4. The van der Waals surface area contributed by atoms with E-state index in [1.54, 1.807) is 73.6 Å². The van der Waals surface area contributed by atoms with E-state index in [9.17, 15) is 47.9 Å². The lowest BCUT2D eigenvalue weighted by molar-refractivity contribution is -0.146. The largest absolute Gasteiger partial charge is 0.469 e. The first-order chi connectivity index (χ1) is 60.1. The van der Waals surface area contributed by atoms with Gasteiger partial charge in [-0.2, -0.15) is 0 Å². The number of aldehydes is 2. The molecule has 672 valence electrons. The van der Waals surface area contributed by atoms with Crippen molar-refractivity contribution >= 4 is 71.5 Å². The van der Waals surface area contributed by atoms with Crippen LogP contribution in [0.5, 0.6) is 0 Å². The topological polar surface area (TPSA) is 361 Å². The number of esters is 4. The number of furan rings is 4. The molecule has 0 saturated heterocycles. The SMILES string of the molecule is CC/C=C\CC.O=C(CCc1ccco1)OCCN(CCC/C=C\CCCN(CCOC(=O)CCc1ccco1)CCOC(=O)CCc1ccco1)CCOC(=O)CCc1ccco1.O=C1C=CC(=O)N1c1ccc(Cc2ccc(N3C(=O)C=CC3=O)cc2)cc1.O=CCC/C=C\CCC=O.OCCN(CCO)CCC/C=C\CCCN(CCO)CCO. The number of amides is 4. The number of anilines is 2. The van der Waals surface area contributed by atoms with E-state index >= 15 is 0 Å². The van der Waals surface area contributed by atoms with Crippen LogP contribution in [-0.4, -0.2) is 231 Å². The molecular formula is C95H130N6O22. The van der Waals surface area contributed by atoms with Gasteiger partial charge >= 0.3 is 23.9 Å². The van der Waals surface area contributed by atoms with Crippen molar-refractivity contribution in [2.75, 3.05) is 141 Å². The molecule has 0 atom stereocenters. The molecule has 0 saturated carbocycles. The zero-order valence-electron chi connectivity index (χ0n) is 71.9. The third-order valence-electron chi connectivity index (χ3n) is 18.8. The zero-order chi connectivity index (χ0) is 88.8. The van der Waals surface area contributed by atoms with Crippen LogP contribution in [-0.2, 0) is 99.0 Å². The lowest BCUT2D eigenvalue weighted by atomic mass is 10.0. The summed E-state index contributed by atoms with van der Waals surface area (Å²) in [7, 11) is 0. The molecule has 2 aliphatic rings. The van der Waals surface area contributed by atoms with E-state index in [-0.39, 0.29) is 126 Å². The Balaban J connectivity index is 0.000000398. The number of nitrogens with zero attached hydrogens (tertiary/aromatic N) is 6. The normalized spacial score (nSPS) is 12.4. The smallest absolute Gasteiger partial charge is 0.306 e. The van der Waals surface area contributed by atoms with Crippen LogP contribution in [0.25, 0.3) is 0 Å². The van der Waals surface area contributed by atoms with Crippen LogP contribution in [0.15, 0.2) is 213 Å². The minimum Gasteiger partial charge on any atom is -0.469 e. The monoisotopic (exact) mass is 1710 g/mol. The highest BCUT2D eigenvalue weighted by molar-refractivity contribution is 6.28. The number of aryl methyl sites for hydroxylation is 4. The van der Waals surface area contributed by atoms with Crippen LogP contribution in [0.2, 0.25) is 0 Å². The summed E-state index contributed by atoms with van der Waals surface area (Å²) >= 11 is 0. The number of aliphatic hydroxyl groups is 4. The number of hydrogen-bond donors (Lipinski definition) is 4. The van der Waals surface area contributed by atoms with Crippen molar-refractivity contribution in [1.29, 1.82) is 0 Å². The van der Waals surface area contributed by atoms with E-state index in [4.69, 9.17) is 57.0 Å². The van der Waals surface area contributed by atoms with Crippen molar-refractivity contribution in [1.82, 2.24) is 19.6 Å². The van der Waals surface area contributed by atoms with E-state index in [1.807, 2.05) is 60.7 Å². The van der Waals surface area contributed by atoms with Gasteiger partial charge in [-0.25, -0.2) is 9.80 Å². The summed E-state index contributed by atoms with van der Waals surface area (Å²) in [6.07, 6.45) is 46.2. The van der Waals surface area contributed by atoms with E-state index in [0.717, 1.165) is 147 Å². The Morgan fingerprint density at radius 3 is 0.813 bits per heavy atom. The third kappa shape index (κ3) is 49.8. The Bertz CT molecular complexity index is 3590. The Morgan fingerprint density at radius 1 is 0.333 bits per heavy atom. The maximum Gasteiger partial charge on any atom is 0.306 e. The number of benzene rings is 2. The first-order valence-electron chi connectivity index (χ1n) is 42.9. The number of aliphatic hydroxyl groups excluding tert-OH is 4. The van der Waals surface area contributed by atoms with E-state index in [2.05, 4.69) is 69.9 Å². The van der Waals surface area contributed by atoms with Crippen molar-refractivity contribution in [2.24, 2.45) is 0 Å². The fourth-order valence-corrected chi connectivity index (χ4v) is 12.2. The van der Waals surface area contributed by atoms with Crippen LogP contribution in [0.1, 0.15) is 164 Å². The molecule has 0 bridgehead atoms. The first-order valence-corrected chi connectivity index (χ1v) is 42.9. The highest BCUT2D eigenvalue weighted by Gasteiger charge is 2.27. The van der Waals surface area contributed by atoms with Gasteiger partial charge in [-0.05, 0) is 194 Å². The van der Waals surface area contributed by atoms with Gasteiger partial charge in [0.05, 0.1) is 88.5 Å². The molecule has 2 aliphatic heterocycles. The highest BCUT2D eigenvalue weighted by atomic mass is 16.5. The standard InChI is InChI=1S/C44H58N2O12.C21H14N2O4.C16H34N2O4.C8H12O2.C6H12/c47-41(19-15-37-11-7-29-51-37)55-33-25-45(26-34-56-42(48)20-16-38-12-8-30-52-38)23-5-3-1-2-4-6-24-46(27-35-57-43(49)21-17-39-13-9-31-53-39)28-36-58-44(50)22-18-40-14-10-32-54-40;24-18-9-10-19(25)22(18)16-5-1-14(2-6-16)13-15-3-7-17(8-4-15)23-20(26)11-12-21(23)27;19-13-9-17(10-14-20)7-5-3-1-2-4-6-8-18(11-15-21)12-16-22;9-7-5-3-1-2-4-6-8-10;1-3-5-6-4-2/h1-2,7-14,29-32H,3-6,15-28,33-36H2;1-12H,13H2;1-2,19-22H,3-16H2;1-2,7-8H,3-6H2;5-6H,3-4H2,1-2H3/b2-1-;;2*2-1-;6-5-. The number of unbranched alkanes of at least 4 members (excludes halogenated alkanes) is 6. The van der Waals surface area contributed by atoms with Crippen molar-refractivity contribution < 1.29 is 105 Å². The van der Waals surface area contributed by atoms with Gasteiger partial charge in [0.2, 0.25) is 0 Å². The molecule has 0 unspecified atom stereocenters. The molecule has 8 rings (SSSR count). The second kappa shape index (κ2) is 68.7. The zero-order valence-corrected chi connectivity index (χ0v) is 71.9. The number of allylic oxidation sites excluding steroid dienone is 8.